The quantitative estimate of drug-likeness (QED) is 0.340. The molecular formula is C7H10O4. The van der Waals surface area contributed by atoms with Crippen molar-refractivity contribution < 1.29 is 19.1 Å². The molecule has 0 spiro atoms. The Morgan fingerprint density at radius 2 is 1.64 bits per heavy atom. The summed E-state index contributed by atoms with van der Waals surface area (Å²) >= 11 is 0. The molecule has 0 aliphatic rings. The Bertz CT molecular complexity index is 183. The van der Waals surface area contributed by atoms with Crippen LogP contribution in [0, 0.1) is 0 Å². The number of esters is 2. The van der Waals surface area contributed by atoms with Crippen LogP contribution < -0.4 is 0 Å². The molecule has 0 amide bonds. The van der Waals surface area contributed by atoms with Crippen molar-refractivity contribution in [3.05, 3.63) is 0 Å². The lowest BCUT2D eigenvalue weighted by atomic mass is 10.3. The highest BCUT2D eigenvalue weighted by Crippen LogP contribution is 1.89. The molecule has 0 aliphatic carbocycles. The summed E-state index contributed by atoms with van der Waals surface area (Å²) in [6.45, 7) is 3.08. The summed E-state index contributed by atoms with van der Waals surface area (Å²) in [5.74, 6) is -2.40. The molecule has 0 unspecified atom stereocenters. The van der Waals surface area contributed by atoms with Gasteiger partial charge in [-0.25, -0.2) is 4.79 Å². The number of hydrogen-bond acceptors (Lipinski definition) is 4. The van der Waals surface area contributed by atoms with E-state index in [0.29, 0.717) is 0 Å². The van der Waals surface area contributed by atoms with E-state index in [0.717, 1.165) is 0 Å². The van der Waals surface area contributed by atoms with Gasteiger partial charge in [-0.15, -0.1) is 0 Å². The van der Waals surface area contributed by atoms with Crippen molar-refractivity contribution >= 4 is 17.7 Å². The van der Waals surface area contributed by atoms with E-state index in [9.17, 15) is 14.4 Å². The highest BCUT2D eigenvalue weighted by molar-refractivity contribution is 6.35. The zero-order valence-corrected chi connectivity index (χ0v) is 6.55. The summed E-state index contributed by atoms with van der Waals surface area (Å²) in [5, 5.41) is 0. The number of ketones is 1. The van der Waals surface area contributed by atoms with Crippen LogP contribution in [0.1, 0.15) is 26.7 Å². The average Bonchev–Trinajstić information content (AvgIpc) is 2.02. The van der Waals surface area contributed by atoms with Crippen LogP contribution in [0.2, 0.25) is 0 Å². The Hall–Kier alpha value is -1.19. The maximum Gasteiger partial charge on any atom is 0.382 e. The molecule has 0 saturated heterocycles. The molecule has 0 aromatic heterocycles. The second kappa shape index (κ2) is 4.60. The molecule has 0 fully saturated rings. The fraction of sp³-hybridized carbons (Fsp3) is 0.571. The standard InChI is InChI=1S/C7H10O4/c1-3-5(8)7(10)11-6(9)4-2/h3-4H2,1-2H3. The summed E-state index contributed by atoms with van der Waals surface area (Å²) < 4.78 is 4.12. The predicted molar refractivity (Wildman–Crippen MR) is 36.7 cm³/mol. The third kappa shape index (κ3) is 3.50. The number of Topliss-reactive ketones (excluding diaryl/α,β-unsaturated/α-hetero) is 1. The van der Waals surface area contributed by atoms with E-state index in [-0.39, 0.29) is 12.8 Å². The lowest BCUT2D eigenvalue weighted by Crippen LogP contribution is -2.19. The van der Waals surface area contributed by atoms with E-state index in [1.165, 1.54) is 6.92 Å². The molecule has 0 heterocycles. The van der Waals surface area contributed by atoms with Crippen LogP contribution in [0.5, 0.6) is 0 Å². The van der Waals surface area contributed by atoms with E-state index in [4.69, 9.17) is 0 Å². The Labute approximate surface area is 64.5 Å². The minimum atomic E-state index is -1.06. The van der Waals surface area contributed by atoms with Gasteiger partial charge in [0.2, 0.25) is 5.78 Å². The van der Waals surface area contributed by atoms with Crippen molar-refractivity contribution in [2.24, 2.45) is 0 Å². The van der Waals surface area contributed by atoms with E-state index in [2.05, 4.69) is 4.74 Å². The molecule has 0 aromatic rings. The van der Waals surface area contributed by atoms with Gasteiger partial charge in [-0.1, -0.05) is 13.8 Å². The molecular weight excluding hydrogens is 148 g/mol. The fourth-order valence-corrected chi connectivity index (χ4v) is 0.377. The van der Waals surface area contributed by atoms with Gasteiger partial charge < -0.3 is 4.74 Å². The topological polar surface area (TPSA) is 60.4 Å². The van der Waals surface area contributed by atoms with Crippen LogP contribution in [0.3, 0.4) is 0 Å². The molecule has 0 saturated carbocycles. The maximum atomic E-state index is 10.6. The average molecular weight is 158 g/mol. The summed E-state index contributed by atoms with van der Waals surface area (Å²) in [5.41, 5.74) is 0. The van der Waals surface area contributed by atoms with Gasteiger partial charge >= 0.3 is 11.9 Å². The maximum absolute atomic E-state index is 10.6. The molecule has 0 bridgehead atoms. The molecule has 0 aromatic carbocycles. The molecule has 0 N–H and O–H groups in total. The molecule has 0 rings (SSSR count). The van der Waals surface area contributed by atoms with Gasteiger partial charge in [0.1, 0.15) is 0 Å². The van der Waals surface area contributed by atoms with Crippen molar-refractivity contribution in [1.82, 2.24) is 0 Å². The van der Waals surface area contributed by atoms with Crippen LogP contribution in [0.15, 0.2) is 0 Å². The molecule has 0 aliphatic heterocycles. The minimum absolute atomic E-state index is 0.0653. The lowest BCUT2D eigenvalue weighted by molar-refractivity contribution is -0.164. The number of carbonyl (C=O) groups excluding carboxylic acids is 3. The van der Waals surface area contributed by atoms with Gasteiger partial charge in [0.15, 0.2) is 0 Å². The molecule has 62 valence electrons. The van der Waals surface area contributed by atoms with Crippen molar-refractivity contribution in [3.8, 4) is 0 Å². The largest absolute Gasteiger partial charge is 0.387 e. The van der Waals surface area contributed by atoms with Crippen LogP contribution >= 0.6 is 0 Å². The van der Waals surface area contributed by atoms with E-state index in [1.54, 1.807) is 6.92 Å². The van der Waals surface area contributed by atoms with Crippen LogP contribution in [0.25, 0.3) is 0 Å². The highest BCUT2D eigenvalue weighted by atomic mass is 16.6. The summed E-state index contributed by atoms with van der Waals surface area (Å²) in [4.78, 5) is 31.5. The molecule has 11 heavy (non-hydrogen) atoms. The Morgan fingerprint density at radius 1 is 1.09 bits per heavy atom. The summed E-state index contributed by atoms with van der Waals surface area (Å²) in [7, 11) is 0. The van der Waals surface area contributed by atoms with Gasteiger partial charge in [0.05, 0.1) is 0 Å². The first-order valence-electron chi connectivity index (χ1n) is 3.39. The van der Waals surface area contributed by atoms with Crippen LogP contribution in [-0.4, -0.2) is 17.7 Å². The molecule has 4 nitrogen and oxygen atoms in total. The Morgan fingerprint density at radius 3 is 2.00 bits per heavy atom. The van der Waals surface area contributed by atoms with E-state index < -0.39 is 17.7 Å². The van der Waals surface area contributed by atoms with Gasteiger partial charge in [-0.2, -0.15) is 0 Å². The third-order valence-electron chi connectivity index (χ3n) is 1.04. The normalized spacial score (nSPS) is 8.91. The fourth-order valence-electron chi connectivity index (χ4n) is 0.377. The van der Waals surface area contributed by atoms with Gasteiger partial charge in [-0.05, 0) is 0 Å². The zero-order chi connectivity index (χ0) is 8.85. The van der Waals surface area contributed by atoms with Gasteiger partial charge in [0, 0.05) is 12.8 Å². The Balaban J connectivity index is 3.88. The van der Waals surface area contributed by atoms with Crippen molar-refractivity contribution in [2.75, 3.05) is 0 Å². The summed E-state index contributed by atoms with van der Waals surface area (Å²) in [6.07, 6.45) is 0.165. The number of rotatable bonds is 3. The van der Waals surface area contributed by atoms with E-state index >= 15 is 0 Å². The molecule has 0 atom stereocenters. The zero-order valence-electron chi connectivity index (χ0n) is 6.55. The Kier molecular flexibility index (Phi) is 4.10. The first kappa shape index (κ1) is 9.81. The van der Waals surface area contributed by atoms with Crippen LogP contribution in [0.4, 0.5) is 0 Å². The van der Waals surface area contributed by atoms with Gasteiger partial charge in [-0.3, -0.25) is 9.59 Å². The van der Waals surface area contributed by atoms with Crippen molar-refractivity contribution in [3.63, 3.8) is 0 Å². The lowest BCUT2D eigenvalue weighted by Gasteiger charge is -1.96. The van der Waals surface area contributed by atoms with Crippen LogP contribution in [-0.2, 0) is 19.1 Å². The minimum Gasteiger partial charge on any atom is -0.387 e. The summed E-state index contributed by atoms with van der Waals surface area (Å²) in [6, 6.07) is 0. The SMILES string of the molecule is CCC(=O)OC(=O)C(=O)CC. The number of carbonyl (C=O) groups is 3. The predicted octanol–water partition coefficient (Wildman–Crippen LogP) is 0.445. The first-order chi connectivity index (χ1) is 5.11. The second-order valence-electron chi connectivity index (χ2n) is 1.89. The molecule has 4 heteroatoms. The molecule has 0 radical (unpaired) electrons. The van der Waals surface area contributed by atoms with Crippen molar-refractivity contribution in [2.45, 2.75) is 26.7 Å². The van der Waals surface area contributed by atoms with Crippen molar-refractivity contribution in [1.29, 1.82) is 0 Å². The first-order valence-corrected chi connectivity index (χ1v) is 3.39. The number of ether oxygens (including phenoxy) is 1. The van der Waals surface area contributed by atoms with E-state index in [1.807, 2.05) is 0 Å². The number of hydrogen-bond donors (Lipinski definition) is 0. The monoisotopic (exact) mass is 158 g/mol. The highest BCUT2D eigenvalue weighted by Gasteiger charge is 2.15. The third-order valence-corrected chi connectivity index (χ3v) is 1.04. The smallest absolute Gasteiger partial charge is 0.382 e. The van der Waals surface area contributed by atoms with Gasteiger partial charge in [0.25, 0.3) is 0 Å². The second-order valence-corrected chi connectivity index (χ2v) is 1.89.